The average molecular weight is 220 g/mol. The first kappa shape index (κ1) is 11.4. The topological polar surface area (TPSA) is 35.5 Å². The van der Waals surface area contributed by atoms with Crippen molar-refractivity contribution in [3.8, 4) is 0 Å². The number of para-hydroxylation sites is 1. The fourth-order valence-electron chi connectivity index (χ4n) is 2.28. The lowest BCUT2D eigenvalue weighted by Gasteiger charge is -2.16. The van der Waals surface area contributed by atoms with E-state index in [0.717, 1.165) is 32.5 Å². The molecule has 1 heterocycles. The summed E-state index contributed by atoms with van der Waals surface area (Å²) in [7, 11) is 1.96. The lowest BCUT2D eigenvalue weighted by molar-refractivity contribution is 0.177. The van der Waals surface area contributed by atoms with Gasteiger partial charge in [0.15, 0.2) is 0 Å². The van der Waals surface area contributed by atoms with Crippen LogP contribution in [0.3, 0.4) is 0 Å². The predicted molar refractivity (Wildman–Crippen MR) is 66.8 cm³/mol. The number of aliphatic hydroxyl groups is 1. The van der Waals surface area contributed by atoms with Crippen LogP contribution in [0.1, 0.15) is 12.0 Å². The summed E-state index contributed by atoms with van der Waals surface area (Å²) in [5.74, 6) is 0. The number of rotatable bonds is 4. The maximum Gasteiger partial charge on any atom is 0.0679 e. The molecule has 16 heavy (non-hydrogen) atoms. The number of anilines is 1. The number of nitrogens with one attached hydrogen (secondary N) is 1. The van der Waals surface area contributed by atoms with E-state index in [9.17, 15) is 5.11 Å². The van der Waals surface area contributed by atoms with Gasteiger partial charge in [-0.2, -0.15) is 0 Å². The molecule has 0 aliphatic carbocycles. The lowest BCUT2D eigenvalue weighted by Crippen LogP contribution is -2.24. The third kappa shape index (κ3) is 2.74. The van der Waals surface area contributed by atoms with Gasteiger partial charge in [0.05, 0.1) is 6.10 Å². The fraction of sp³-hybridized carbons (Fsp3) is 0.538. The first-order chi connectivity index (χ1) is 7.79. The van der Waals surface area contributed by atoms with Crippen LogP contribution in [0.15, 0.2) is 24.3 Å². The highest BCUT2D eigenvalue weighted by molar-refractivity contribution is 5.50. The Hall–Kier alpha value is -1.06. The fourth-order valence-corrected chi connectivity index (χ4v) is 2.28. The van der Waals surface area contributed by atoms with Gasteiger partial charge in [-0.1, -0.05) is 18.2 Å². The zero-order valence-electron chi connectivity index (χ0n) is 9.82. The zero-order valence-corrected chi connectivity index (χ0v) is 9.82. The van der Waals surface area contributed by atoms with Crippen molar-refractivity contribution in [2.24, 2.45) is 0 Å². The van der Waals surface area contributed by atoms with Crippen LogP contribution in [0.5, 0.6) is 0 Å². The molecule has 1 fully saturated rings. The SMILES string of the molecule is CNc1ccccc1CCN1CCC(O)C1. The highest BCUT2D eigenvalue weighted by atomic mass is 16.3. The molecular formula is C13H20N2O. The van der Waals surface area contributed by atoms with Gasteiger partial charge in [-0.05, 0) is 24.5 Å². The van der Waals surface area contributed by atoms with Crippen LogP contribution in [0.25, 0.3) is 0 Å². The Bertz CT molecular complexity index is 340. The molecule has 2 rings (SSSR count). The van der Waals surface area contributed by atoms with E-state index >= 15 is 0 Å². The molecule has 2 N–H and O–H groups in total. The highest BCUT2D eigenvalue weighted by Crippen LogP contribution is 2.16. The molecule has 1 aliphatic rings. The summed E-state index contributed by atoms with van der Waals surface area (Å²) < 4.78 is 0. The van der Waals surface area contributed by atoms with Crippen LogP contribution in [-0.4, -0.2) is 42.8 Å². The molecule has 3 heteroatoms. The molecule has 1 atom stereocenters. The van der Waals surface area contributed by atoms with Crippen molar-refractivity contribution in [2.45, 2.75) is 18.9 Å². The van der Waals surface area contributed by atoms with Crippen molar-refractivity contribution in [2.75, 3.05) is 32.0 Å². The summed E-state index contributed by atoms with van der Waals surface area (Å²) >= 11 is 0. The molecule has 0 spiro atoms. The van der Waals surface area contributed by atoms with E-state index < -0.39 is 0 Å². The van der Waals surface area contributed by atoms with Crippen molar-refractivity contribution in [3.05, 3.63) is 29.8 Å². The van der Waals surface area contributed by atoms with Gasteiger partial charge >= 0.3 is 0 Å². The summed E-state index contributed by atoms with van der Waals surface area (Å²) in [6.45, 7) is 2.90. The van der Waals surface area contributed by atoms with Crippen LogP contribution in [0.2, 0.25) is 0 Å². The Balaban J connectivity index is 1.89. The Kier molecular flexibility index (Phi) is 3.80. The van der Waals surface area contributed by atoms with E-state index in [0.29, 0.717) is 0 Å². The van der Waals surface area contributed by atoms with Gasteiger partial charge in [0, 0.05) is 32.4 Å². The highest BCUT2D eigenvalue weighted by Gasteiger charge is 2.19. The summed E-state index contributed by atoms with van der Waals surface area (Å²) in [6.07, 6.45) is 1.86. The van der Waals surface area contributed by atoms with E-state index in [1.807, 2.05) is 7.05 Å². The molecule has 1 saturated heterocycles. The minimum Gasteiger partial charge on any atom is -0.392 e. The number of likely N-dealkylation sites (tertiary alicyclic amines) is 1. The number of nitrogens with zero attached hydrogens (tertiary/aromatic N) is 1. The second-order valence-corrected chi connectivity index (χ2v) is 4.40. The van der Waals surface area contributed by atoms with Crippen molar-refractivity contribution < 1.29 is 5.11 Å². The van der Waals surface area contributed by atoms with Gasteiger partial charge in [-0.15, -0.1) is 0 Å². The summed E-state index contributed by atoms with van der Waals surface area (Å²) in [6, 6.07) is 8.40. The first-order valence-corrected chi connectivity index (χ1v) is 5.95. The van der Waals surface area contributed by atoms with Crippen LogP contribution in [0.4, 0.5) is 5.69 Å². The van der Waals surface area contributed by atoms with E-state index in [1.165, 1.54) is 11.3 Å². The maximum absolute atomic E-state index is 9.44. The lowest BCUT2D eigenvalue weighted by atomic mass is 10.1. The normalized spacial score (nSPS) is 21.2. The Morgan fingerprint density at radius 1 is 1.44 bits per heavy atom. The number of benzene rings is 1. The van der Waals surface area contributed by atoms with E-state index in [2.05, 4.69) is 34.5 Å². The van der Waals surface area contributed by atoms with E-state index in [4.69, 9.17) is 0 Å². The molecule has 0 radical (unpaired) electrons. The standard InChI is InChI=1S/C13H20N2O/c1-14-13-5-3-2-4-11(13)6-8-15-9-7-12(16)10-15/h2-5,12,14,16H,6-10H2,1H3. The zero-order chi connectivity index (χ0) is 11.4. The number of hydrogen-bond donors (Lipinski definition) is 2. The molecule has 88 valence electrons. The second-order valence-electron chi connectivity index (χ2n) is 4.40. The molecule has 1 aromatic carbocycles. The molecule has 0 aromatic heterocycles. The molecule has 3 nitrogen and oxygen atoms in total. The van der Waals surface area contributed by atoms with Gasteiger partial charge in [0.25, 0.3) is 0 Å². The van der Waals surface area contributed by atoms with Crippen molar-refractivity contribution in [3.63, 3.8) is 0 Å². The molecule has 1 aliphatic heterocycles. The molecule has 1 unspecified atom stereocenters. The monoisotopic (exact) mass is 220 g/mol. The third-order valence-electron chi connectivity index (χ3n) is 3.23. The van der Waals surface area contributed by atoms with Gasteiger partial charge in [0.1, 0.15) is 0 Å². The number of β-amino-alcohol motifs (C(OH)–C–C–N with tert-alkyl or cyclic N) is 1. The molecule has 0 bridgehead atoms. The van der Waals surface area contributed by atoms with E-state index in [1.54, 1.807) is 0 Å². The van der Waals surface area contributed by atoms with Gasteiger partial charge in [0.2, 0.25) is 0 Å². The smallest absolute Gasteiger partial charge is 0.0679 e. The molecule has 0 saturated carbocycles. The second kappa shape index (κ2) is 5.32. The largest absolute Gasteiger partial charge is 0.392 e. The minimum absolute atomic E-state index is 0.112. The van der Waals surface area contributed by atoms with Crippen molar-refractivity contribution in [1.82, 2.24) is 4.90 Å². The van der Waals surface area contributed by atoms with Crippen LogP contribution in [0, 0.1) is 0 Å². The Morgan fingerprint density at radius 2 is 2.25 bits per heavy atom. The number of aliphatic hydroxyl groups excluding tert-OH is 1. The average Bonchev–Trinajstić information content (AvgIpc) is 2.73. The number of hydrogen-bond acceptors (Lipinski definition) is 3. The summed E-state index contributed by atoms with van der Waals surface area (Å²) in [5.41, 5.74) is 2.56. The van der Waals surface area contributed by atoms with Crippen molar-refractivity contribution in [1.29, 1.82) is 0 Å². The molecule has 1 aromatic rings. The third-order valence-corrected chi connectivity index (χ3v) is 3.23. The maximum atomic E-state index is 9.44. The van der Waals surface area contributed by atoms with Gasteiger partial charge in [-0.3, -0.25) is 0 Å². The summed E-state index contributed by atoms with van der Waals surface area (Å²) in [5, 5.41) is 12.7. The van der Waals surface area contributed by atoms with Crippen molar-refractivity contribution >= 4 is 5.69 Å². The van der Waals surface area contributed by atoms with Crippen LogP contribution in [-0.2, 0) is 6.42 Å². The molecule has 0 amide bonds. The van der Waals surface area contributed by atoms with Gasteiger partial charge in [-0.25, -0.2) is 0 Å². The van der Waals surface area contributed by atoms with E-state index in [-0.39, 0.29) is 6.10 Å². The van der Waals surface area contributed by atoms with Gasteiger partial charge < -0.3 is 15.3 Å². The Labute approximate surface area is 97.1 Å². The predicted octanol–water partition coefficient (Wildman–Crippen LogP) is 1.34. The molecular weight excluding hydrogens is 200 g/mol. The van der Waals surface area contributed by atoms with Crippen LogP contribution < -0.4 is 5.32 Å². The summed E-state index contributed by atoms with van der Waals surface area (Å²) in [4.78, 5) is 2.33. The quantitative estimate of drug-likeness (QED) is 0.803. The minimum atomic E-state index is -0.112. The first-order valence-electron chi connectivity index (χ1n) is 5.95. The van der Waals surface area contributed by atoms with Crippen LogP contribution >= 0.6 is 0 Å². The Morgan fingerprint density at radius 3 is 2.94 bits per heavy atom.